The molecule has 2 aromatic rings. The van der Waals surface area contributed by atoms with Crippen LogP contribution >= 0.6 is 0 Å². The van der Waals surface area contributed by atoms with E-state index < -0.39 is 0 Å². The number of methoxy groups -OCH3 is 1. The van der Waals surface area contributed by atoms with Gasteiger partial charge in [-0.3, -0.25) is 0 Å². The molecule has 0 radical (unpaired) electrons. The van der Waals surface area contributed by atoms with Gasteiger partial charge in [-0.1, -0.05) is 12.1 Å². The molecule has 1 heterocycles. The lowest BCUT2D eigenvalue weighted by atomic mass is 10.1. The van der Waals surface area contributed by atoms with Gasteiger partial charge in [0, 0.05) is 12.8 Å². The third-order valence-corrected chi connectivity index (χ3v) is 2.70. The summed E-state index contributed by atoms with van der Waals surface area (Å²) in [4.78, 5) is 18.8. The van der Waals surface area contributed by atoms with Crippen LogP contribution < -0.4 is 5.73 Å². The van der Waals surface area contributed by atoms with Crippen LogP contribution in [0.3, 0.4) is 0 Å². The molecule has 5 nitrogen and oxygen atoms in total. The molecule has 1 aromatic carbocycles. The topological polar surface area (TPSA) is 82.6 Å². The Kier molecular flexibility index (Phi) is 3.39. The van der Waals surface area contributed by atoms with Crippen molar-refractivity contribution in [2.45, 2.75) is 18.9 Å². The fourth-order valence-corrected chi connectivity index (χ4v) is 1.72. The number of H-pyrrole nitrogens is 1. The molecule has 0 aliphatic rings. The van der Waals surface area contributed by atoms with Crippen LogP contribution in [0.4, 0.5) is 0 Å². The molecule has 0 amide bonds. The summed E-state index contributed by atoms with van der Waals surface area (Å²) >= 11 is 0. The third-order valence-electron chi connectivity index (χ3n) is 2.70. The molecule has 1 atom stereocenters. The number of carbonyl (C=O) groups excluding carboxylic acids is 1. The van der Waals surface area contributed by atoms with Crippen molar-refractivity contribution in [3.8, 4) is 0 Å². The Balaban J connectivity index is 2.01. The van der Waals surface area contributed by atoms with Crippen LogP contribution in [0.25, 0.3) is 11.0 Å². The van der Waals surface area contributed by atoms with Crippen LogP contribution in [0.1, 0.15) is 12.2 Å². The third kappa shape index (κ3) is 2.62. The molecule has 0 spiro atoms. The van der Waals surface area contributed by atoms with E-state index in [0.717, 1.165) is 16.9 Å². The van der Waals surface area contributed by atoms with Crippen molar-refractivity contribution in [1.29, 1.82) is 0 Å². The number of aromatic nitrogens is 2. The van der Waals surface area contributed by atoms with Crippen molar-refractivity contribution in [1.82, 2.24) is 9.97 Å². The second-order valence-corrected chi connectivity index (χ2v) is 3.96. The first kappa shape index (κ1) is 11.6. The number of fused-ring (bicyclic) bond motifs is 1. The number of quaternary nitrogens is 1. The van der Waals surface area contributed by atoms with Gasteiger partial charge in [-0.2, -0.15) is 0 Å². The Morgan fingerprint density at radius 3 is 3.00 bits per heavy atom. The van der Waals surface area contributed by atoms with Crippen molar-refractivity contribution in [2.24, 2.45) is 0 Å². The fraction of sp³-hybridized carbons (Fsp3) is 0.333. The Bertz CT molecular complexity index is 488. The number of aryl methyl sites for hydroxylation is 1. The standard InChI is InChI=1S/C12H15N3O2/c1-17-12(16)8(13)6-7-11-14-9-4-2-3-5-10(9)15-11/h2-5,8H,6-7,13H2,1H3,(H,14,15)/p+1. The van der Waals surface area contributed by atoms with E-state index in [1.807, 2.05) is 24.3 Å². The van der Waals surface area contributed by atoms with Crippen LogP contribution in [-0.4, -0.2) is 29.1 Å². The van der Waals surface area contributed by atoms with Crippen LogP contribution in [0.5, 0.6) is 0 Å². The lowest BCUT2D eigenvalue weighted by molar-refractivity contribution is -0.409. The molecule has 90 valence electrons. The highest BCUT2D eigenvalue weighted by Crippen LogP contribution is 2.11. The minimum atomic E-state index is -0.340. The summed E-state index contributed by atoms with van der Waals surface area (Å²) in [6.45, 7) is 0. The first-order valence-corrected chi connectivity index (χ1v) is 5.55. The molecule has 0 saturated carbocycles. The van der Waals surface area contributed by atoms with Crippen molar-refractivity contribution < 1.29 is 15.3 Å². The summed E-state index contributed by atoms with van der Waals surface area (Å²) in [5.74, 6) is 0.602. The van der Waals surface area contributed by atoms with Gasteiger partial charge in [0.1, 0.15) is 5.82 Å². The highest BCUT2D eigenvalue weighted by atomic mass is 16.5. The lowest BCUT2D eigenvalue weighted by Crippen LogP contribution is -2.65. The van der Waals surface area contributed by atoms with Gasteiger partial charge >= 0.3 is 5.97 Å². The zero-order chi connectivity index (χ0) is 12.3. The number of rotatable bonds is 4. The van der Waals surface area contributed by atoms with E-state index in [1.165, 1.54) is 7.11 Å². The molecule has 17 heavy (non-hydrogen) atoms. The highest BCUT2D eigenvalue weighted by molar-refractivity contribution is 5.75. The van der Waals surface area contributed by atoms with Gasteiger partial charge in [0.2, 0.25) is 0 Å². The smallest absolute Gasteiger partial charge is 0.364 e. The summed E-state index contributed by atoms with van der Waals surface area (Å²) in [5, 5.41) is 0. The van der Waals surface area contributed by atoms with Gasteiger partial charge < -0.3 is 15.5 Å². The Labute approximate surface area is 99.0 Å². The maximum Gasteiger partial charge on any atom is 0.364 e. The van der Waals surface area contributed by atoms with E-state index in [9.17, 15) is 4.79 Å². The van der Waals surface area contributed by atoms with E-state index in [4.69, 9.17) is 0 Å². The number of hydrogen-bond donors (Lipinski definition) is 2. The molecule has 0 bridgehead atoms. The Morgan fingerprint density at radius 1 is 1.53 bits per heavy atom. The van der Waals surface area contributed by atoms with Gasteiger partial charge in [-0.15, -0.1) is 0 Å². The number of imidazole rings is 1. The molecule has 1 aromatic heterocycles. The Hall–Kier alpha value is -1.88. The number of aromatic amines is 1. The van der Waals surface area contributed by atoms with E-state index in [2.05, 4.69) is 20.4 Å². The normalized spacial score (nSPS) is 12.6. The van der Waals surface area contributed by atoms with E-state index in [1.54, 1.807) is 0 Å². The molecule has 0 aliphatic carbocycles. The van der Waals surface area contributed by atoms with Crippen molar-refractivity contribution >= 4 is 17.0 Å². The number of nitrogens with zero attached hydrogens (tertiary/aromatic N) is 1. The predicted molar refractivity (Wildman–Crippen MR) is 63.1 cm³/mol. The number of esters is 1. The van der Waals surface area contributed by atoms with Crippen LogP contribution in [-0.2, 0) is 16.0 Å². The quantitative estimate of drug-likeness (QED) is 0.745. The minimum absolute atomic E-state index is 0.277. The largest absolute Gasteiger partial charge is 0.465 e. The SMILES string of the molecule is COC(=O)C([NH3+])CCc1nc2ccccc2[nH]1. The van der Waals surface area contributed by atoms with Gasteiger partial charge in [-0.05, 0) is 12.1 Å². The molecule has 5 heteroatoms. The highest BCUT2D eigenvalue weighted by Gasteiger charge is 2.17. The number of hydrogen-bond acceptors (Lipinski definition) is 3. The summed E-state index contributed by atoms with van der Waals surface area (Å²) < 4.78 is 4.63. The zero-order valence-electron chi connectivity index (χ0n) is 9.77. The zero-order valence-corrected chi connectivity index (χ0v) is 9.77. The van der Waals surface area contributed by atoms with Crippen LogP contribution in [0, 0.1) is 0 Å². The molecular formula is C12H16N3O2+. The van der Waals surface area contributed by atoms with Crippen LogP contribution in [0.2, 0.25) is 0 Å². The van der Waals surface area contributed by atoms with Gasteiger partial charge in [0.05, 0.1) is 18.1 Å². The Morgan fingerprint density at radius 2 is 2.29 bits per heavy atom. The number of para-hydroxylation sites is 2. The summed E-state index contributed by atoms with van der Waals surface area (Å²) in [6.07, 6.45) is 1.32. The van der Waals surface area contributed by atoms with Crippen molar-refractivity contribution in [3.63, 3.8) is 0 Å². The van der Waals surface area contributed by atoms with Gasteiger partial charge in [-0.25, -0.2) is 9.78 Å². The number of nitrogens with one attached hydrogen (secondary N) is 1. The van der Waals surface area contributed by atoms with Crippen molar-refractivity contribution in [3.05, 3.63) is 30.1 Å². The minimum Gasteiger partial charge on any atom is -0.465 e. The average Bonchev–Trinajstić information content (AvgIpc) is 2.77. The number of benzene rings is 1. The van der Waals surface area contributed by atoms with Crippen LogP contribution in [0.15, 0.2) is 24.3 Å². The van der Waals surface area contributed by atoms with E-state index in [0.29, 0.717) is 12.8 Å². The molecule has 4 N–H and O–H groups in total. The maximum absolute atomic E-state index is 11.2. The molecule has 0 saturated heterocycles. The predicted octanol–water partition coefficient (Wildman–Crippen LogP) is 0.279. The molecule has 2 rings (SSSR count). The molecular weight excluding hydrogens is 218 g/mol. The molecule has 1 unspecified atom stereocenters. The number of ether oxygens (including phenoxy) is 1. The number of carbonyl (C=O) groups is 1. The summed E-state index contributed by atoms with van der Waals surface area (Å²) in [7, 11) is 1.38. The van der Waals surface area contributed by atoms with E-state index in [-0.39, 0.29) is 12.0 Å². The summed E-state index contributed by atoms with van der Waals surface area (Å²) in [5.41, 5.74) is 5.72. The fourth-order valence-electron chi connectivity index (χ4n) is 1.72. The van der Waals surface area contributed by atoms with Gasteiger partial charge in [0.15, 0.2) is 6.04 Å². The van der Waals surface area contributed by atoms with Gasteiger partial charge in [0.25, 0.3) is 0 Å². The molecule has 0 fully saturated rings. The summed E-state index contributed by atoms with van der Waals surface area (Å²) in [6, 6.07) is 7.51. The first-order valence-electron chi connectivity index (χ1n) is 5.55. The molecule has 0 aliphatic heterocycles. The average molecular weight is 234 g/mol. The first-order chi connectivity index (χ1) is 8.20. The second kappa shape index (κ2) is 4.97. The second-order valence-electron chi connectivity index (χ2n) is 3.96. The van der Waals surface area contributed by atoms with E-state index >= 15 is 0 Å². The lowest BCUT2D eigenvalue weighted by Gasteiger charge is -2.03. The van der Waals surface area contributed by atoms with Crippen molar-refractivity contribution in [2.75, 3.05) is 7.11 Å². The maximum atomic E-state index is 11.2. The monoisotopic (exact) mass is 234 g/mol.